The van der Waals surface area contributed by atoms with Crippen LogP contribution in [0.5, 0.6) is 5.75 Å². The van der Waals surface area contributed by atoms with Gasteiger partial charge in [0.15, 0.2) is 0 Å². The molecule has 7 nitrogen and oxygen atoms in total. The van der Waals surface area contributed by atoms with Crippen molar-refractivity contribution in [3.63, 3.8) is 0 Å². The number of hydrogen-bond donors (Lipinski definition) is 0. The molecule has 0 bridgehead atoms. The lowest BCUT2D eigenvalue weighted by Crippen LogP contribution is -2.45. The van der Waals surface area contributed by atoms with Gasteiger partial charge in [0.05, 0.1) is 36.8 Å². The fourth-order valence-corrected chi connectivity index (χ4v) is 6.60. The Balaban J connectivity index is 1.73. The van der Waals surface area contributed by atoms with Crippen LogP contribution in [0.25, 0.3) is 6.08 Å². The average Bonchev–Trinajstić information content (AvgIpc) is 2.90. The summed E-state index contributed by atoms with van der Waals surface area (Å²) in [5, 5.41) is 0. The van der Waals surface area contributed by atoms with E-state index in [2.05, 4.69) is 6.58 Å². The number of benzene rings is 2. The fourth-order valence-electron chi connectivity index (χ4n) is 4.86. The number of aryl methyl sites for hydroxylation is 1. The molecule has 0 radical (unpaired) electrons. The first kappa shape index (κ1) is 28.0. The predicted molar refractivity (Wildman–Crippen MR) is 136 cm³/mol. The summed E-state index contributed by atoms with van der Waals surface area (Å²) in [7, 11) is -3.35. The van der Waals surface area contributed by atoms with Gasteiger partial charge in [-0.3, -0.25) is 4.31 Å². The summed E-state index contributed by atoms with van der Waals surface area (Å²) in [4.78, 5) is 12.2. The van der Waals surface area contributed by atoms with Crippen LogP contribution in [-0.4, -0.2) is 53.5 Å². The molecular weight excluding hydrogens is 523 g/mol. The average molecular weight is 554 g/mol. The standard InChI is InChI=1S/C27H30F3NO6S/c1-3-18-4-8-24-20(14-18)5-6-21(16-27(28,29)30)31(24)38(33,34)22-7-9-25(23(15-22)26(32)35-2)37-17-19-10-12-36-13-11-19/h3-4,7-9,14-15,19,21H,1,5-6,10-13,16-17H2,2H3/t21-/m0/s1. The molecule has 206 valence electrons. The predicted octanol–water partition coefficient (Wildman–Crippen LogP) is 5.38. The van der Waals surface area contributed by atoms with Gasteiger partial charge in [0.1, 0.15) is 11.3 Å². The van der Waals surface area contributed by atoms with E-state index in [1.54, 1.807) is 18.2 Å². The van der Waals surface area contributed by atoms with Crippen LogP contribution in [0.4, 0.5) is 18.9 Å². The zero-order chi connectivity index (χ0) is 27.5. The molecule has 2 heterocycles. The van der Waals surface area contributed by atoms with Gasteiger partial charge in [0.2, 0.25) is 0 Å². The van der Waals surface area contributed by atoms with Gasteiger partial charge in [0.25, 0.3) is 10.0 Å². The molecule has 1 fully saturated rings. The lowest BCUT2D eigenvalue weighted by molar-refractivity contribution is -0.138. The number of hydrogen-bond acceptors (Lipinski definition) is 6. The second kappa shape index (κ2) is 11.4. The number of carbonyl (C=O) groups is 1. The van der Waals surface area contributed by atoms with Gasteiger partial charge in [0, 0.05) is 13.2 Å². The van der Waals surface area contributed by atoms with Crippen molar-refractivity contribution in [2.24, 2.45) is 5.92 Å². The molecule has 0 unspecified atom stereocenters. The quantitative estimate of drug-likeness (QED) is 0.408. The Morgan fingerprint density at radius 3 is 2.55 bits per heavy atom. The molecule has 0 aliphatic carbocycles. The van der Waals surface area contributed by atoms with Crippen molar-refractivity contribution in [2.75, 3.05) is 31.2 Å². The Labute approximate surface area is 220 Å². The van der Waals surface area contributed by atoms with Crippen molar-refractivity contribution in [2.45, 2.75) is 49.2 Å². The maximum absolute atomic E-state index is 13.9. The number of halogens is 3. The first-order valence-electron chi connectivity index (χ1n) is 12.3. The van der Waals surface area contributed by atoms with Gasteiger partial charge < -0.3 is 14.2 Å². The minimum absolute atomic E-state index is 0.0114. The summed E-state index contributed by atoms with van der Waals surface area (Å²) in [6.07, 6.45) is -2.42. The molecule has 0 amide bonds. The molecule has 0 aromatic heterocycles. The summed E-state index contributed by atoms with van der Waals surface area (Å²) in [6, 6.07) is 7.20. The van der Waals surface area contributed by atoms with Crippen molar-refractivity contribution in [3.8, 4) is 5.75 Å². The fraction of sp³-hybridized carbons (Fsp3) is 0.444. The highest BCUT2D eigenvalue weighted by Crippen LogP contribution is 2.40. The number of nitrogens with zero attached hydrogens (tertiary/aromatic N) is 1. The molecule has 4 rings (SSSR count). The van der Waals surface area contributed by atoms with Crippen molar-refractivity contribution in [1.82, 2.24) is 0 Å². The van der Waals surface area contributed by atoms with E-state index in [0.29, 0.717) is 25.4 Å². The summed E-state index contributed by atoms with van der Waals surface area (Å²) in [5.41, 5.74) is 1.39. The molecular formula is C27H30F3NO6S. The molecule has 2 aromatic carbocycles. The number of methoxy groups -OCH3 is 1. The van der Waals surface area contributed by atoms with E-state index in [-0.39, 0.29) is 40.7 Å². The summed E-state index contributed by atoms with van der Waals surface area (Å²) >= 11 is 0. The van der Waals surface area contributed by atoms with E-state index in [1.165, 1.54) is 18.2 Å². The molecule has 11 heteroatoms. The number of esters is 1. The molecule has 2 aromatic rings. The summed E-state index contributed by atoms with van der Waals surface area (Å²) < 4.78 is 85.2. The van der Waals surface area contributed by atoms with Crippen LogP contribution in [0.15, 0.2) is 47.9 Å². The van der Waals surface area contributed by atoms with Gasteiger partial charge in [-0.1, -0.05) is 18.7 Å². The number of alkyl halides is 3. The highest BCUT2D eigenvalue weighted by atomic mass is 32.2. The lowest BCUT2D eigenvalue weighted by Gasteiger charge is -2.38. The van der Waals surface area contributed by atoms with Crippen molar-refractivity contribution < 1.29 is 40.6 Å². The van der Waals surface area contributed by atoms with Gasteiger partial charge in [-0.05, 0) is 73.1 Å². The summed E-state index contributed by atoms with van der Waals surface area (Å²) in [5.74, 6) is -0.458. The largest absolute Gasteiger partial charge is 0.492 e. The molecule has 2 aliphatic rings. The van der Waals surface area contributed by atoms with Crippen LogP contribution in [0, 0.1) is 5.92 Å². The first-order chi connectivity index (χ1) is 18.0. The third-order valence-electron chi connectivity index (χ3n) is 6.85. The minimum Gasteiger partial charge on any atom is -0.492 e. The van der Waals surface area contributed by atoms with Gasteiger partial charge in [-0.15, -0.1) is 0 Å². The molecule has 0 N–H and O–H groups in total. The topological polar surface area (TPSA) is 82.1 Å². The minimum atomic E-state index is -4.57. The van der Waals surface area contributed by atoms with Crippen LogP contribution < -0.4 is 9.04 Å². The number of ether oxygens (including phenoxy) is 3. The van der Waals surface area contributed by atoms with Gasteiger partial charge in [-0.2, -0.15) is 13.2 Å². The molecule has 0 saturated carbocycles. The third kappa shape index (κ3) is 6.15. The maximum Gasteiger partial charge on any atom is 0.391 e. The van der Waals surface area contributed by atoms with Gasteiger partial charge >= 0.3 is 12.1 Å². The summed E-state index contributed by atoms with van der Waals surface area (Å²) in [6.45, 7) is 5.23. The number of sulfonamides is 1. The molecule has 0 spiro atoms. The highest BCUT2D eigenvalue weighted by Gasteiger charge is 2.42. The monoisotopic (exact) mass is 553 g/mol. The molecule has 2 aliphatic heterocycles. The number of fused-ring (bicyclic) bond motifs is 1. The second-order valence-electron chi connectivity index (χ2n) is 9.42. The second-order valence-corrected chi connectivity index (χ2v) is 11.2. The third-order valence-corrected chi connectivity index (χ3v) is 8.71. The van der Waals surface area contributed by atoms with E-state index in [4.69, 9.17) is 14.2 Å². The Morgan fingerprint density at radius 2 is 1.89 bits per heavy atom. The number of rotatable bonds is 8. The van der Waals surface area contributed by atoms with E-state index in [9.17, 15) is 26.4 Å². The molecule has 1 saturated heterocycles. The Morgan fingerprint density at radius 1 is 1.16 bits per heavy atom. The van der Waals surface area contributed by atoms with Gasteiger partial charge in [-0.25, -0.2) is 13.2 Å². The van der Waals surface area contributed by atoms with E-state index < -0.39 is 34.6 Å². The van der Waals surface area contributed by atoms with Crippen LogP contribution in [0.1, 0.15) is 47.2 Å². The number of carbonyl (C=O) groups excluding carboxylic acids is 1. The Bertz CT molecular complexity index is 1290. The zero-order valence-electron chi connectivity index (χ0n) is 21.0. The Hall–Kier alpha value is -3.05. The van der Waals surface area contributed by atoms with E-state index in [1.807, 2.05) is 0 Å². The van der Waals surface area contributed by atoms with E-state index >= 15 is 0 Å². The molecule has 38 heavy (non-hydrogen) atoms. The molecule has 1 atom stereocenters. The highest BCUT2D eigenvalue weighted by molar-refractivity contribution is 7.92. The Kier molecular flexibility index (Phi) is 8.37. The van der Waals surface area contributed by atoms with Crippen molar-refractivity contribution in [1.29, 1.82) is 0 Å². The number of anilines is 1. The smallest absolute Gasteiger partial charge is 0.391 e. The van der Waals surface area contributed by atoms with E-state index in [0.717, 1.165) is 35.9 Å². The van der Waals surface area contributed by atoms with Crippen molar-refractivity contribution in [3.05, 3.63) is 59.7 Å². The van der Waals surface area contributed by atoms with Crippen LogP contribution in [-0.2, 0) is 25.9 Å². The normalized spacial score (nSPS) is 18.5. The SMILES string of the molecule is C=Cc1ccc2c(c1)CC[C@@H](CC(F)(F)F)N2S(=O)(=O)c1ccc(OCC2CCOCC2)c(C(=O)OC)c1. The zero-order valence-corrected chi connectivity index (χ0v) is 21.8. The maximum atomic E-state index is 13.9. The first-order valence-corrected chi connectivity index (χ1v) is 13.8. The van der Waals surface area contributed by atoms with Crippen LogP contribution in [0.3, 0.4) is 0 Å². The lowest BCUT2D eigenvalue weighted by atomic mass is 9.94. The van der Waals surface area contributed by atoms with Crippen LogP contribution in [0.2, 0.25) is 0 Å². The van der Waals surface area contributed by atoms with Crippen LogP contribution >= 0.6 is 0 Å². The van der Waals surface area contributed by atoms with Crippen molar-refractivity contribution >= 4 is 27.8 Å².